The van der Waals surface area contributed by atoms with Crippen LogP contribution < -0.4 is 4.90 Å². The fraction of sp³-hybridized carbons (Fsp3) is 0.0833. The summed E-state index contributed by atoms with van der Waals surface area (Å²) in [5.74, 6) is -2.44. The molecule has 33 heavy (non-hydrogen) atoms. The Bertz CT molecular complexity index is 1330. The average molecular weight is 444 g/mol. The molecule has 4 rings (SSSR count). The van der Waals surface area contributed by atoms with Crippen molar-refractivity contribution in [2.45, 2.75) is 6.92 Å². The number of Topliss-reactive ketones (excluding diaryl/α,β-unsaturated/α-hetero) is 1. The first kappa shape index (κ1) is 21.6. The van der Waals surface area contributed by atoms with E-state index in [2.05, 4.69) is 0 Å². The zero-order valence-corrected chi connectivity index (χ0v) is 17.3. The molecule has 9 heteroatoms. The van der Waals surface area contributed by atoms with Crippen molar-refractivity contribution in [3.8, 4) is 0 Å². The molecule has 0 radical (unpaired) electrons. The van der Waals surface area contributed by atoms with Gasteiger partial charge in [0.05, 0.1) is 27.3 Å². The summed E-state index contributed by atoms with van der Waals surface area (Å²) >= 11 is 0. The standard InChI is InChI=1S/C24H16N2O7/c1-14-3-2-4-18(11-14)25-22(28)19-10-7-16(12-20(19)23(25)29)24(30)33-13-21(27)15-5-8-17(9-6-15)26(31)32/h2-12H,13H2,1H3. The second-order valence-corrected chi connectivity index (χ2v) is 7.35. The lowest BCUT2D eigenvalue weighted by Gasteiger charge is -2.14. The Hall–Kier alpha value is -4.66. The summed E-state index contributed by atoms with van der Waals surface area (Å²) < 4.78 is 5.04. The predicted molar refractivity (Wildman–Crippen MR) is 116 cm³/mol. The number of benzene rings is 3. The normalized spacial score (nSPS) is 12.5. The van der Waals surface area contributed by atoms with Crippen molar-refractivity contribution in [1.82, 2.24) is 0 Å². The van der Waals surface area contributed by atoms with Crippen molar-refractivity contribution < 1.29 is 28.8 Å². The lowest BCUT2D eigenvalue weighted by molar-refractivity contribution is -0.384. The Labute approximate surface area is 187 Å². The molecule has 0 fully saturated rings. The number of amides is 2. The molecule has 2 amide bonds. The SMILES string of the molecule is Cc1cccc(N2C(=O)c3ccc(C(=O)OCC(=O)c4ccc([N+](=O)[O-])cc4)cc3C2=O)c1. The van der Waals surface area contributed by atoms with Gasteiger partial charge >= 0.3 is 5.97 Å². The Morgan fingerprint density at radius 2 is 1.58 bits per heavy atom. The van der Waals surface area contributed by atoms with Crippen LogP contribution in [0.3, 0.4) is 0 Å². The van der Waals surface area contributed by atoms with Gasteiger partial charge in [0.15, 0.2) is 12.4 Å². The van der Waals surface area contributed by atoms with E-state index in [1.165, 1.54) is 42.5 Å². The maximum Gasteiger partial charge on any atom is 0.338 e. The zero-order chi connectivity index (χ0) is 23.7. The van der Waals surface area contributed by atoms with Crippen LogP contribution in [0.15, 0.2) is 66.7 Å². The second kappa shape index (κ2) is 8.46. The third kappa shape index (κ3) is 4.11. The molecule has 1 heterocycles. The number of carbonyl (C=O) groups is 4. The molecule has 164 valence electrons. The number of anilines is 1. The van der Waals surface area contributed by atoms with Gasteiger partial charge in [-0.1, -0.05) is 12.1 Å². The molecule has 1 aliphatic rings. The molecule has 0 saturated carbocycles. The number of nitro groups is 1. The Kier molecular flexibility index (Phi) is 5.53. The van der Waals surface area contributed by atoms with Crippen molar-refractivity contribution in [3.63, 3.8) is 0 Å². The van der Waals surface area contributed by atoms with Gasteiger partial charge in [-0.25, -0.2) is 9.69 Å². The summed E-state index contributed by atoms with van der Waals surface area (Å²) in [5.41, 5.74) is 1.54. The molecule has 0 aromatic heterocycles. The van der Waals surface area contributed by atoms with Crippen molar-refractivity contribution in [1.29, 1.82) is 0 Å². The summed E-state index contributed by atoms with van der Waals surface area (Å²) in [5, 5.41) is 10.7. The number of aryl methyl sites for hydroxylation is 1. The van der Waals surface area contributed by atoms with Crippen LogP contribution in [0.2, 0.25) is 0 Å². The molecule has 0 unspecified atom stereocenters. The van der Waals surface area contributed by atoms with E-state index < -0.39 is 35.1 Å². The molecule has 0 N–H and O–H groups in total. The number of fused-ring (bicyclic) bond motifs is 1. The van der Waals surface area contributed by atoms with Gasteiger partial charge in [-0.2, -0.15) is 0 Å². The van der Waals surface area contributed by atoms with Crippen molar-refractivity contribution in [2.24, 2.45) is 0 Å². The van der Waals surface area contributed by atoms with Crippen LogP contribution in [0.1, 0.15) is 47.0 Å². The number of hydrogen-bond donors (Lipinski definition) is 0. The molecule has 9 nitrogen and oxygen atoms in total. The van der Waals surface area contributed by atoms with E-state index in [-0.39, 0.29) is 27.9 Å². The van der Waals surface area contributed by atoms with Crippen molar-refractivity contribution in [2.75, 3.05) is 11.5 Å². The predicted octanol–water partition coefficient (Wildman–Crippen LogP) is 3.74. The largest absolute Gasteiger partial charge is 0.454 e. The van der Waals surface area contributed by atoms with E-state index in [1.807, 2.05) is 13.0 Å². The van der Waals surface area contributed by atoms with Gasteiger partial charge in [0.25, 0.3) is 17.5 Å². The highest BCUT2D eigenvalue weighted by Gasteiger charge is 2.37. The van der Waals surface area contributed by atoms with E-state index in [4.69, 9.17) is 4.74 Å². The lowest BCUT2D eigenvalue weighted by Crippen LogP contribution is -2.29. The Morgan fingerprint density at radius 3 is 2.24 bits per heavy atom. The number of carbonyl (C=O) groups excluding carboxylic acids is 4. The van der Waals surface area contributed by atoms with Crippen LogP contribution in [-0.4, -0.2) is 35.1 Å². The Morgan fingerprint density at radius 1 is 0.909 bits per heavy atom. The summed E-state index contributed by atoms with van der Waals surface area (Å²) in [4.78, 5) is 61.4. The van der Waals surface area contributed by atoms with E-state index in [0.717, 1.165) is 10.5 Å². The van der Waals surface area contributed by atoms with E-state index in [9.17, 15) is 29.3 Å². The molecule has 0 spiro atoms. The minimum absolute atomic E-state index is 0.0116. The van der Waals surface area contributed by atoms with Gasteiger partial charge in [-0.05, 0) is 55.0 Å². The van der Waals surface area contributed by atoms with Crippen LogP contribution in [0, 0.1) is 17.0 Å². The molecule has 0 aliphatic carbocycles. The van der Waals surface area contributed by atoms with Crippen LogP contribution in [0.5, 0.6) is 0 Å². The monoisotopic (exact) mass is 444 g/mol. The van der Waals surface area contributed by atoms with Crippen LogP contribution in [0.25, 0.3) is 0 Å². The molecule has 0 bridgehead atoms. The summed E-state index contributed by atoms with van der Waals surface area (Å²) in [6.07, 6.45) is 0. The maximum absolute atomic E-state index is 12.9. The minimum atomic E-state index is -0.845. The van der Waals surface area contributed by atoms with Gasteiger partial charge in [-0.3, -0.25) is 24.5 Å². The number of hydrogen-bond acceptors (Lipinski definition) is 7. The van der Waals surface area contributed by atoms with Crippen molar-refractivity contribution >= 4 is 34.9 Å². The van der Waals surface area contributed by atoms with E-state index in [1.54, 1.807) is 18.2 Å². The molecular formula is C24H16N2O7. The maximum atomic E-state index is 12.9. The summed E-state index contributed by atoms with van der Waals surface area (Å²) in [7, 11) is 0. The first-order chi connectivity index (χ1) is 15.8. The third-order valence-electron chi connectivity index (χ3n) is 5.12. The van der Waals surface area contributed by atoms with E-state index in [0.29, 0.717) is 5.69 Å². The van der Waals surface area contributed by atoms with E-state index >= 15 is 0 Å². The smallest absolute Gasteiger partial charge is 0.338 e. The number of imide groups is 1. The number of ketones is 1. The number of nitro benzene ring substituents is 1. The highest BCUT2D eigenvalue weighted by atomic mass is 16.6. The Balaban J connectivity index is 1.48. The van der Waals surface area contributed by atoms with Crippen LogP contribution in [0.4, 0.5) is 11.4 Å². The van der Waals surface area contributed by atoms with Crippen molar-refractivity contribution in [3.05, 3.63) is 105 Å². The fourth-order valence-corrected chi connectivity index (χ4v) is 3.44. The number of esters is 1. The highest BCUT2D eigenvalue weighted by Crippen LogP contribution is 2.29. The topological polar surface area (TPSA) is 124 Å². The molecular weight excluding hydrogens is 428 g/mol. The van der Waals surface area contributed by atoms with Crippen LogP contribution in [-0.2, 0) is 4.74 Å². The first-order valence-corrected chi connectivity index (χ1v) is 9.80. The quantitative estimate of drug-likeness (QED) is 0.186. The number of rotatable bonds is 6. The molecule has 3 aromatic carbocycles. The molecule has 1 aliphatic heterocycles. The molecule has 0 saturated heterocycles. The summed E-state index contributed by atoms with van der Waals surface area (Å²) in [6, 6.07) is 15.8. The molecule has 0 atom stereocenters. The van der Waals surface area contributed by atoms with Gasteiger partial charge in [-0.15, -0.1) is 0 Å². The van der Waals surface area contributed by atoms with Gasteiger partial charge in [0.2, 0.25) is 0 Å². The van der Waals surface area contributed by atoms with Gasteiger partial charge < -0.3 is 4.74 Å². The number of ether oxygens (including phenoxy) is 1. The number of non-ortho nitro benzene ring substituents is 1. The zero-order valence-electron chi connectivity index (χ0n) is 17.3. The minimum Gasteiger partial charge on any atom is -0.454 e. The highest BCUT2D eigenvalue weighted by molar-refractivity contribution is 6.34. The second-order valence-electron chi connectivity index (χ2n) is 7.35. The summed E-state index contributed by atoms with van der Waals surface area (Å²) in [6.45, 7) is 1.25. The van der Waals surface area contributed by atoms with Gasteiger partial charge in [0, 0.05) is 17.7 Å². The van der Waals surface area contributed by atoms with Crippen LogP contribution >= 0.6 is 0 Å². The lowest BCUT2D eigenvalue weighted by atomic mass is 10.1. The first-order valence-electron chi connectivity index (χ1n) is 9.80. The molecule has 3 aromatic rings. The average Bonchev–Trinajstić information content (AvgIpc) is 3.06. The number of nitrogens with zero attached hydrogens (tertiary/aromatic N) is 2. The fourth-order valence-electron chi connectivity index (χ4n) is 3.44. The van der Waals surface area contributed by atoms with Gasteiger partial charge in [0.1, 0.15) is 0 Å². The third-order valence-corrected chi connectivity index (χ3v) is 5.12.